The van der Waals surface area contributed by atoms with Crippen LogP contribution in [0.4, 0.5) is 17.3 Å². The molecule has 0 radical (unpaired) electrons. The molecule has 0 amide bonds. The SMILES string of the molecule is Nc1c(Nc2nc3c(ncn3C3CC(O)C(CO)O3)c(=O)[nH]2)c2c3ccccc3ccc2c2ccccc12. The second kappa shape index (κ2) is 8.52. The van der Waals surface area contributed by atoms with Gasteiger partial charge in [0.25, 0.3) is 5.56 Å². The summed E-state index contributed by atoms with van der Waals surface area (Å²) in [5, 5.41) is 28.9. The molecule has 1 aliphatic heterocycles. The van der Waals surface area contributed by atoms with Crippen molar-refractivity contribution in [3.05, 3.63) is 77.3 Å². The fraction of sp³-hybridized carbons (Fsp3) is 0.179. The van der Waals surface area contributed by atoms with Gasteiger partial charge < -0.3 is 26.0 Å². The molecule has 1 fully saturated rings. The monoisotopic (exact) mass is 508 g/mol. The van der Waals surface area contributed by atoms with E-state index in [1.807, 2.05) is 48.5 Å². The summed E-state index contributed by atoms with van der Waals surface area (Å²) in [5.74, 6) is 0.192. The highest BCUT2D eigenvalue weighted by Gasteiger charge is 2.35. The molecule has 0 bridgehead atoms. The van der Waals surface area contributed by atoms with E-state index in [0.29, 0.717) is 17.0 Å². The average molecular weight is 509 g/mol. The van der Waals surface area contributed by atoms with Crippen LogP contribution in [0.15, 0.2) is 71.8 Å². The summed E-state index contributed by atoms with van der Waals surface area (Å²) in [4.78, 5) is 24.7. The highest BCUT2D eigenvalue weighted by molar-refractivity contribution is 6.27. The van der Waals surface area contributed by atoms with Crippen LogP contribution in [0.25, 0.3) is 43.5 Å². The number of nitrogens with zero attached hydrogens (tertiary/aromatic N) is 3. The van der Waals surface area contributed by atoms with E-state index in [0.717, 1.165) is 32.3 Å². The summed E-state index contributed by atoms with van der Waals surface area (Å²) >= 11 is 0. The van der Waals surface area contributed by atoms with Crippen molar-refractivity contribution in [2.75, 3.05) is 17.7 Å². The molecule has 3 atom stereocenters. The molecule has 3 unspecified atom stereocenters. The lowest BCUT2D eigenvalue weighted by molar-refractivity contribution is -0.0432. The Balaban J connectivity index is 1.43. The van der Waals surface area contributed by atoms with Gasteiger partial charge in [-0.2, -0.15) is 4.98 Å². The fourth-order valence-corrected chi connectivity index (χ4v) is 5.48. The van der Waals surface area contributed by atoms with Gasteiger partial charge in [0.05, 0.1) is 30.4 Å². The highest BCUT2D eigenvalue weighted by atomic mass is 16.5. The molecule has 190 valence electrons. The molecular weight excluding hydrogens is 484 g/mol. The molecule has 1 aliphatic rings. The third-order valence-corrected chi connectivity index (χ3v) is 7.33. The first-order chi connectivity index (χ1) is 18.5. The predicted octanol–water partition coefficient (Wildman–Crippen LogP) is 3.55. The lowest BCUT2D eigenvalue weighted by atomic mass is 9.94. The van der Waals surface area contributed by atoms with Crippen molar-refractivity contribution < 1.29 is 14.9 Å². The predicted molar refractivity (Wildman–Crippen MR) is 146 cm³/mol. The lowest BCUT2D eigenvalue weighted by Gasteiger charge is -2.18. The molecule has 3 heterocycles. The van der Waals surface area contributed by atoms with Crippen molar-refractivity contribution in [3.8, 4) is 0 Å². The molecule has 10 nitrogen and oxygen atoms in total. The number of rotatable bonds is 4. The summed E-state index contributed by atoms with van der Waals surface area (Å²) in [7, 11) is 0. The van der Waals surface area contributed by atoms with Crippen molar-refractivity contribution in [1.82, 2.24) is 19.5 Å². The first kappa shape index (κ1) is 22.7. The topological polar surface area (TPSA) is 151 Å². The van der Waals surface area contributed by atoms with Crippen LogP contribution in [0.3, 0.4) is 0 Å². The molecule has 6 N–H and O–H groups in total. The van der Waals surface area contributed by atoms with Crippen molar-refractivity contribution in [2.45, 2.75) is 24.9 Å². The van der Waals surface area contributed by atoms with Crippen LogP contribution in [-0.2, 0) is 4.74 Å². The molecule has 38 heavy (non-hydrogen) atoms. The highest BCUT2D eigenvalue weighted by Crippen LogP contribution is 2.42. The molecule has 6 aromatic rings. The number of nitrogen functional groups attached to an aromatic ring is 1. The van der Waals surface area contributed by atoms with Gasteiger partial charge in [-0.3, -0.25) is 14.3 Å². The number of aliphatic hydroxyl groups is 2. The standard InChI is InChI=1S/C28H24N6O4/c29-23-18-8-4-3-7-16(18)17-10-9-14-5-1-2-6-15(14)22(17)24(23)31-28-32-26-25(27(37)33-28)30-13-34(26)21-11-19(36)20(12-35)38-21/h1-10,13,19-21,35-36H,11-12,29H2,(H2,31,32,33,37). The van der Waals surface area contributed by atoms with Crippen molar-refractivity contribution in [2.24, 2.45) is 0 Å². The van der Waals surface area contributed by atoms with E-state index >= 15 is 0 Å². The normalized spacial score (nSPS) is 19.7. The quantitative estimate of drug-likeness (QED) is 0.138. The van der Waals surface area contributed by atoms with Gasteiger partial charge >= 0.3 is 0 Å². The summed E-state index contributed by atoms with van der Waals surface area (Å²) in [5.41, 5.74) is 7.94. The number of nitrogens with one attached hydrogen (secondary N) is 2. The smallest absolute Gasteiger partial charge is 0.280 e. The third-order valence-electron chi connectivity index (χ3n) is 7.33. The Labute approximate surface area is 215 Å². The van der Waals surface area contributed by atoms with E-state index in [4.69, 9.17) is 10.5 Å². The molecule has 4 aromatic carbocycles. The Kier molecular flexibility index (Phi) is 5.08. The summed E-state index contributed by atoms with van der Waals surface area (Å²) in [6.45, 7) is -0.312. The maximum atomic E-state index is 13.0. The van der Waals surface area contributed by atoms with E-state index < -0.39 is 24.0 Å². The molecule has 1 saturated heterocycles. The summed E-state index contributed by atoms with van der Waals surface area (Å²) in [6, 6.07) is 20.2. The molecule has 0 saturated carbocycles. The average Bonchev–Trinajstić information content (AvgIpc) is 3.53. The number of benzene rings is 4. The molecular formula is C28H24N6O4. The van der Waals surface area contributed by atoms with Gasteiger partial charge in [0.15, 0.2) is 11.2 Å². The van der Waals surface area contributed by atoms with Gasteiger partial charge in [0.1, 0.15) is 12.3 Å². The van der Waals surface area contributed by atoms with Gasteiger partial charge in [-0.25, -0.2) is 4.98 Å². The van der Waals surface area contributed by atoms with E-state index in [1.54, 1.807) is 4.57 Å². The van der Waals surface area contributed by atoms with Crippen LogP contribution < -0.4 is 16.6 Å². The number of fused-ring (bicyclic) bond motifs is 6. The molecule has 2 aromatic heterocycles. The van der Waals surface area contributed by atoms with E-state index in [9.17, 15) is 15.0 Å². The van der Waals surface area contributed by atoms with Gasteiger partial charge in [-0.05, 0) is 21.5 Å². The minimum absolute atomic E-state index is 0.142. The largest absolute Gasteiger partial charge is 0.397 e. The maximum Gasteiger partial charge on any atom is 0.280 e. The summed E-state index contributed by atoms with van der Waals surface area (Å²) in [6.07, 6.45) is -0.471. The first-order valence-corrected chi connectivity index (χ1v) is 12.3. The van der Waals surface area contributed by atoms with E-state index in [-0.39, 0.29) is 24.5 Å². The van der Waals surface area contributed by atoms with Crippen LogP contribution in [0.2, 0.25) is 0 Å². The molecule has 0 aliphatic carbocycles. The fourth-order valence-electron chi connectivity index (χ4n) is 5.48. The van der Waals surface area contributed by atoms with Crippen LogP contribution in [-0.4, -0.2) is 48.5 Å². The lowest BCUT2D eigenvalue weighted by Crippen LogP contribution is -2.24. The number of aromatic nitrogens is 4. The number of aliphatic hydroxyl groups excluding tert-OH is 2. The Bertz CT molecular complexity index is 1930. The first-order valence-electron chi connectivity index (χ1n) is 12.3. The van der Waals surface area contributed by atoms with Crippen LogP contribution in [0.1, 0.15) is 12.6 Å². The molecule has 0 spiro atoms. The zero-order valence-electron chi connectivity index (χ0n) is 20.1. The Morgan fingerprint density at radius 1 is 1.05 bits per heavy atom. The van der Waals surface area contributed by atoms with Gasteiger partial charge in [0, 0.05) is 17.2 Å². The van der Waals surface area contributed by atoms with Gasteiger partial charge in [-0.15, -0.1) is 0 Å². The zero-order chi connectivity index (χ0) is 26.0. The number of hydrogen-bond acceptors (Lipinski definition) is 8. The van der Waals surface area contributed by atoms with Crippen molar-refractivity contribution in [3.63, 3.8) is 0 Å². The number of H-pyrrole nitrogens is 1. The molecule has 10 heteroatoms. The van der Waals surface area contributed by atoms with Gasteiger partial charge in [-0.1, -0.05) is 60.7 Å². The number of ether oxygens (including phenoxy) is 1. The molecule has 7 rings (SSSR count). The minimum atomic E-state index is -0.834. The van der Waals surface area contributed by atoms with Crippen molar-refractivity contribution in [1.29, 1.82) is 0 Å². The second-order valence-electron chi connectivity index (χ2n) is 9.52. The Morgan fingerprint density at radius 2 is 1.82 bits per heavy atom. The number of imidazole rings is 1. The van der Waals surface area contributed by atoms with Crippen LogP contribution >= 0.6 is 0 Å². The van der Waals surface area contributed by atoms with E-state index in [2.05, 4.69) is 32.4 Å². The van der Waals surface area contributed by atoms with Crippen LogP contribution in [0.5, 0.6) is 0 Å². The Morgan fingerprint density at radius 3 is 2.61 bits per heavy atom. The van der Waals surface area contributed by atoms with Gasteiger partial charge in [0.2, 0.25) is 5.95 Å². The Hall–Kier alpha value is -4.51. The number of hydrogen-bond donors (Lipinski definition) is 5. The van der Waals surface area contributed by atoms with E-state index in [1.165, 1.54) is 6.33 Å². The number of nitrogens with two attached hydrogens (primary N) is 1. The summed E-state index contributed by atoms with van der Waals surface area (Å²) < 4.78 is 7.38. The van der Waals surface area contributed by atoms with Crippen molar-refractivity contribution >= 4 is 60.8 Å². The third kappa shape index (κ3) is 3.35. The minimum Gasteiger partial charge on any atom is -0.397 e. The number of aromatic amines is 1. The zero-order valence-corrected chi connectivity index (χ0v) is 20.1. The maximum absolute atomic E-state index is 13.0. The second-order valence-corrected chi connectivity index (χ2v) is 9.52. The van der Waals surface area contributed by atoms with Crippen LogP contribution in [0, 0.1) is 0 Å². The number of anilines is 3.